The van der Waals surface area contributed by atoms with Crippen LogP contribution in [0.2, 0.25) is 0 Å². The molecule has 0 bridgehead atoms. The molecule has 0 unspecified atom stereocenters. The van der Waals surface area contributed by atoms with Crippen LogP contribution in [0.3, 0.4) is 0 Å². The van der Waals surface area contributed by atoms with Crippen molar-refractivity contribution < 1.29 is 14.7 Å². The number of fused-ring (bicyclic) bond motifs is 1. The van der Waals surface area contributed by atoms with Crippen molar-refractivity contribution in [2.45, 2.75) is 53.1 Å². The summed E-state index contributed by atoms with van der Waals surface area (Å²) in [6.45, 7) is 9.29. The Labute approximate surface area is 187 Å². The van der Waals surface area contributed by atoms with Gasteiger partial charge in [0.05, 0.1) is 18.6 Å². The fraction of sp³-hybridized carbons (Fsp3) is 0.609. The van der Waals surface area contributed by atoms with Crippen LogP contribution < -0.4 is 0 Å². The molecule has 4 heterocycles. The third-order valence-corrected chi connectivity index (χ3v) is 6.46. The van der Waals surface area contributed by atoms with Gasteiger partial charge < -0.3 is 9.67 Å². The summed E-state index contributed by atoms with van der Waals surface area (Å²) in [6, 6.07) is 4.11. The van der Waals surface area contributed by atoms with Crippen LogP contribution in [-0.4, -0.2) is 67.5 Å². The lowest BCUT2D eigenvalue weighted by Gasteiger charge is -2.37. The van der Waals surface area contributed by atoms with E-state index in [1.165, 1.54) is 4.90 Å². The van der Waals surface area contributed by atoms with E-state index in [1.807, 2.05) is 6.07 Å². The molecule has 0 radical (unpaired) electrons. The Hall–Kier alpha value is -2.83. The standard InChI is InChI=1S/C23H30N6O3/c1-22(2,3)15-29-17(10-16-13-25-18(12-24)26-20(16)29)14-27-6-4-23(5-7-27)11-19(31)28(8-9-30)21(23)32/h10,13,30H,4-9,11,14-15H2,1-3H3. The highest BCUT2D eigenvalue weighted by molar-refractivity contribution is 6.06. The first-order valence-corrected chi connectivity index (χ1v) is 11.1. The molecule has 2 amide bonds. The summed E-state index contributed by atoms with van der Waals surface area (Å²) in [6.07, 6.45) is 3.22. The van der Waals surface area contributed by atoms with Crippen molar-refractivity contribution in [2.24, 2.45) is 10.8 Å². The summed E-state index contributed by atoms with van der Waals surface area (Å²) >= 11 is 0. The maximum atomic E-state index is 12.9. The van der Waals surface area contributed by atoms with Crippen LogP contribution in [-0.2, 0) is 22.7 Å². The second-order valence-electron chi connectivity index (χ2n) is 10.2. The molecule has 0 aliphatic carbocycles. The number of likely N-dealkylation sites (tertiary alicyclic amines) is 2. The predicted molar refractivity (Wildman–Crippen MR) is 117 cm³/mol. The number of nitriles is 1. The van der Waals surface area contributed by atoms with Crippen molar-refractivity contribution in [3.63, 3.8) is 0 Å². The summed E-state index contributed by atoms with van der Waals surface area (Å²) in [5.74, 6) is -0.138. The lowest BCUT2D eigenvalue weighted by molar-refractivity contribution is -0.143. The molecule has 32 heavy (non-hydrogen) atoms. The fourth-order valence-corrected chi connectivity index (χ4v) is 4.87. The van der Waals surface area contributed by atoms with Crippen molar-refractivity contribution in [2.75, 3.05) is 26.2 Å². The van der Waals surface area contributed by atoms with E-state index in [4.69, 9.17) is 0 Å². The second kappa shape index (κ2) is 8.26. The zero-order chi connectivity index (χ0) is 23.1. The van der Waals surface area contributed by atoms with Crippen molar-refractivity contribution in [1.29, 1.82) is 5.26 Å². The van der Waals surface area contributed by atoms with Gasteiger partial charge in [0, 0.05) is 36.8 Å². The number of carbonyl (C=O) groups excluding carboxylic acids is 2. The molecule has 2 aliphatic heterocycles. The molecule has 2 aromatic rings. The second-order valence-corrected chi connectivity index (χ2v) is 10.2. The minimum Gasteiger partial charge on any atom is -0.395 e. The van der Waals surface area contributed by atoms with Crippen LogP contribution in [0.15, 0.2) is 12.3 Å². The number of aliphatic hydroxyl groups is 1. The van der Waals surface area contributed by atoms with Crippen molar-refractivity contribution in [1.82, 2.24) is 24.3 Å². The van der Waals surface area contributed by atoms with Gasteiger partial charge in [-0.05, 0) is 37.4 Å². The van der Waals surface area contributed by atoms with Gasteiger partial charge in [0.1, 0.15) is 11.7 Å². The smallest absolute Gasteiger partial charge is 0.236 e. The highest BCUT2D eigenvalue weighted by atomic mass is 16.3. The summed E-state index contributed by atoms with van der Waals surface area (Å²) in [4.78, 5) is 37.3. The molecule has 4 rings (SSSR count). The lowest BCUT2D eigenvalue weighted by atomic mass is 9.77. The molecule has 9 nitrogen and oxygen atoms in total. The molecular formula is C23H30N6O3. The fourth-order valence-electron chi connectivity index (χ4n) is 4.87. The van der Waals surface area contributed by atoms with Crippen LogP contribution in [0.1, 0.15) is 51.6 Å². The number of piperidine rings is 1. The molecular weight excluding hydrogens is 408 g/mol. The maximum Gasteiger partial charge on any atom is 0.236 e. The highest BCUT2D eigenvalue weighted by Gasteiger charge is 2.52. The van der Waals surface area contributed by atoms with Gasteiger partial charge >= 0.3 is 0 Å². The van der Waals surface area contributed by atoms with Gasteiger partial charge in [-0.3, -0.25) is 19.4 Å². The average Bonchev–Trinajstić information content (AvgIpc) is 3.18. The number of carbonyl (C=O) groups is 2. The Morgan fingerprint density at radius 1 is 1.25 bits per heavy atom. The number of nitrogens with zero attached hydrogens (tertiary/aromatic N) is 6. The van der Waals surface area contributed by atoms with Gasteiger partial charge in [-0.1, -0.05) is 20.8 Å². The number of rotatable bonds is 5. The Morgan fingerprint density at radius 3 is 2.59 bits per heavy atom. The number of aromatic nitrogens is 3. The number of hydrogen-bond acceptors (Lipinski definition) is 7. The van der Waals surface area contributed by atoms with Crippen molar-refractivity contribution in [3.8, 4) is 6.07 Å². The summed E-state index contributed by atoms with van der Waals surface area (Å²) in [7, 11) is 0. The molecule has 0 saturated carbocycles. The number of amides is 2. The molecule has 0 aromatic carbocycles. The number of β-amino-alcohol motifs (C(OH)–C–C–N with tert-alkyl or cyclic N) is 1. The van der Waals surface area contributed by atoms with Gasteiger partial charge in [-0.15, -0.1) is 0 Å². The molecule has 170 valence electrons. The minimum absolute atomic E-state index is 0.0250. The van der Waals surface area contributed by atoms with E-state index in [1.54, 1.807) is 6.20 Å². The molecule has 2 aromatic heterocycles. The largest absolute Gasteiger partial charge is 0.395 e. The Kier molecular flexibility index (Phi) is 5.77. The normalized spacial score (nSPS) is 19.3. The third kappa shape index (κ3) is 4.12. The van der Waals surface area contributed by atoms with Crippen LogP contribution >= 0.6 is 0 Å². The van der Waals surface area contributed by atoms with Crippen LogP contribution in [0.5, 0.6) is 0 Å². The minimum atomic E-state index is -0.617. The zero-order valence-electron chi connectivity index (χ0n) is 19.0. The zero-order valence-corrected chi connectivity index (χ0v) is 19.0. The number of imide groups is 1. The lowest BCUT2D eigenvalue weighted by Crippen LogP contribution is -2.45. The van der Waals surface area contributed by atoms with E-state index in [0.717, 1.165) is 36.4 Å². The average molecular weight is 439 g/mol. The van der Waals surface area contributed by atoms with Gasteiger partial charge in [0.15, 0.2) is 0 Å². The topological polar surface area (TPSA) is 115 Å². The summed E-state index contributed by atoms with van der Waals surface area (Å²) < 4.78 is 2.18. The van der Waals surface area contributed by atoms with Crippen molar-refractivity contribution in [3.05, 3.63) is 23.8 Å². The van der Waals surface area contributed by atoms with E-state index < -0.39 is 5.41 Å². The molecule has 9 heteroatoms. The van der Waals surface area contributed by atoms with Gasteiger partial charge in [0.2, 0.25) is 17.6 Å². The van der Waals surface area contributed by atoms with Gasteiger partial charge in [0.25, 0.3) is 0 Å². The predicted octanol–water partition coefficient (Wildman–Crippen LogP) is 1.68. The molecule has 2 aliphatic rings. The first-order chi connectivity index (χ1) is 15.2. The van der Waals surface area contributed by atoms with E-state index >= 15 is 0 Å². The molecule has 2 saturated heterocycles. The monoisotopic (exact) mass is 438 g/mol. The molecule has 1 N–H and O–H groups in total. The number of hydrogen-bond donors (Lipinski definition) is 1. The quantitative estimate of drug-likeness (QED) is 0.706. The Balaban J connectivity index is 1.54. The Bertz CT molecular complexity index is 1090. The van der Waals surface area contributed by atoms with Crippen LogP contribution in [0, 0.1) is 22.2 Å². The van der Waals surface area contributed by atoms with E-state index in [9.17, 15) is 20.0 Å². The molecule has 0 atom stereocenters. The van der Waals surface area contributed by atoms with Gasteiger partial charge in [-0.2, -0.15) is 5.26 Å². The third-order valence-electron chi connectivity index (χ3n) is 6.46. The van der Waals surface area contributed by atoms with E-state index in [0.29, 0.717) is 19.4 Å². The summed E-state index contributed by atoms with van der Waals surface area (Å²) in [5, 5.41) is 19.3. The summed E-state index contributed by atoms with van der Waals surface area (Å²) in [5.41, 5.74) is 1.28. The SMILES string of the molecule is CC(C)(C)Cn1c(CN2CCC3(CC2)CC(=O)N(CCO)C3=O)cc2cnc(C#N)nc21. The maximum absolute atomic E-state index is 12.9. The molecule has 1 spiro atoms. The first-order valence-electron chi connectivity index (χ1n) is 11.1. The van der Waals surface area contributed by atoms with Crippen LogP contribution in [0.25, 0.3) is 11.0 Å². The first kappa shape index (κ1) is 22.4. The van der Waals surface area contributed by atoms with E-state index in [2.05, 4.69) is 46.3 Å². The van der Waals surface area contributed by atoms with Crippen LogP contribution in [0.4, 0.5) is 0 Å². The molecule has 2 fully saturated rings. The van der Waals surface area contributed by atoms with Gasteiger partial charge in [-0.25, -0.2) is 9.97 Å². The highest BCUT2D eigenvalue weighted by Crippen LogP contribution is 2.42. The number of aliphatic hydroxyl groups excluding tert-OH is 1. The Morgan fingerprint density at radius 2 is 1.97 bits per heavy atom. The van der Waals surface area contributed by atoms with Crippen molar-refractivity contribution >= 4 is 22.8 Å². The van der Waals surface area contributed by atoms with E-state index in [-0.39, 0.29) is 42.6 Å².